The van der Waals surface area contributed by atoms with Crippen LogP contribution in [0.3, 0.4) is 0 Å². The van der Waals surface area contributed by atoms with Crippen molar-refractivity contribution in [2.24, 2.45) is 17.6 Å². The second-order valence-electron chi connectivity index (χ2n) is 4.09. The molecule has 1 aliphatic rings. The molecule has 0 aromatic heterocycles. The van der Waals surface area contributed by atoms with E-state index in [-0.39, 0.29) is 12.0 Å². The number of hydrogen-bond acceptors (Lipinski definition) is 3. The molecule has 2 unspecified atom stereocenters. The number of carbonyl (C=O) groups is 1. The van der Waals surface area contributed by atoms with Gasteiger partial charge in [-0.3, -0.25) is 4.79 Å². The van der Waals surface area contributed by atoms with E-state index in [0.29, 0.717) is 12.3 Å². The van der Waals surface area contributed by atoms with Crippen molar-refractivity contribution in [2.45, 2.75) is 38.6 Å². The average molecular weight is 185 g/mol. The minimum atomic E-state index is -0.199. The highest BCUT2D eigenvalue weighted by molar-refractivity contribution is 5.69. The number of nitrogens with two attached hydrogens (primary N) is 1. The van der Waals surface area contributed by atoms with E-state index in [1.54, 1.807) is 0 Å². The van der Waals surface area contributed by atoms with Gasteiger partial charge in [-0.05, 0) is 31.1 Å². The van der Waals surface area contributed by atoms with Gasteiger partial charge in [0.05, 0.1) is 13.5 Å². The minimum Gasteiger partial charge on any atom is -0.469 e. The fourth-order valence-corrected chi connectivity index (χ4v) is 1.72. The third-order valence-electron chi connectivity index (χ3n) is 2.76. The lowest BCUT2D eigenvalue weighted by atomic mass is 9.96. The number of ether oxygens (including phenoxy) is 1. The Morgan fingerprint density at radius 3 is 2.69 bits per heavy atom. The van der Waals surface area contributed by atoms with Crippen LogP contribution in [0.25, 0.3) is 0 Å². The van der Waals surface area contributed by atoms with E-state index in [1.165, 1.54) is 20.0 Å². The number of methoxy groups -OCH3 is 1. The molecule has 0 aliphatic heterocycles. The van der Waals surface area contributed by atoms with Crippen LogP contribution in [0, 0.1) is 11.8 Å². The molecule has 0 aromatic rings. The molecule has 2 atom stereocenters. The SMILES string of the molecule is COC(=O)CC(N)CC(C)C1CC1. The van der Waals surface area contributed by atoms with Crippen LogP contribution in [0.15, 0.2) is 0 Å². The van der Waals surface area contributed by atoms with E-state index in [2.05, 4.69) is 11.7 Å². The van der Waals surface area contributed by atoms with Crippen LogP contribution < -0.4 is 5.73 Å². The van der Waals surface area contributed by atoms with Gasteiger partial charge in [-0.25, -0.2) is 0 Å². The summed E-state index contributed by atoms with van der Waals surface area (Å²) >= 11 is 0. The first kappa shape index (κ1) is 10.5. The Hall–Kier alpha value is -0.570. The van der Waals surface area contributed by atoms with Gasteiger partial charge in [0.2, 0.25) is 0 Å². The highest BCUT2D eigenvalue weighted by Gasteiger charge is 2.29. The van der Waals surface area contributed by atoms with Crippen LogP contribution in [-0.2, 0) is 9.53 Å². The zero-order valence-corrected chi connectivity index (χ0v) is 8.45. The van der Waals surface area contributed by atoms with Crippen LogP contribution in [0.1, 0.15) is 32.6 Å². The molecular weight excluding hydrogens is 166 g/mol. The summed E-state index contributed by atoms with van der Waals surface area (Å²) in [6.45, 7) is 2.22. The summed E-state index contributed by atoms with van der Waals surface area (Å²) in [6, 6.07) is -0.0250. The second-order valence-corrected chi connectivity index (χ2v) is 4.09. The molecule has 0 saturated heterocycles. The number of esters is 1. The maximum Gasteiger partial charge on any atom is 0.307 e. The third-order valence-corrected chi connectivity index (χ3v) is 2.76. The molecule has 0 radical (unpaired) electrons. The molecule has 0 aromatic carbocycles. The summed E-state index contributed by atoms with van der Waals surface area (Å²) in [5.41, 5.74) is 5.82. The number of hydrogen-bond donors (Lipinski definition) is 1. The van der Waals surface area contributed by atoms with Gasteiger partial charge in [-0.2, -0.15) is 0 Å². The molecule has 13 heavy (non-hydrogen) atoms. The molecule has 3 heteroatoms. The first-order valence-electron chi connectivity index (χ1n) is 4.96. The summed E-state index contributed by atoms with van der Waals surface area (Å²) in [6.07, 6.45) is 3.98. The molecule has 1 rings (SSSR count). The number of carbonyl (C=O) groups excluding carboxylic acids is 1. The minimum absolute atomic E-state index is 0.0250. The predicted molar refractivity (Wildman–Crippen MR) is 51.1 cm³/mol. The quantitative estimate of drug-likeness (QED) is 0.657. The highest BCUT2D eigenvalue weighted by atomic mass is 16.5. The van der Waals surface area contributed by atoms with Gasteiger partial charge < -0.3 is 10.5 Å². The van der Waals surface area contributed by atoms with Crippen molar-refractivity contribution < 1.29 is 9.53 Å². The van der Waals surface area contributed by atoms with E-state index in [1.807, 2.05) is 0 Å². The zero-order chi connectivity index (χ0) is 9.84. The summed E-state index contributed by atoms with van der Waals surface area (Å²) in [4.78, 5) is 10.9. The molecule has 76 valence electrons. The Morgan fingerprint density at radius 2 is 2.23 bits per heavy atom. The highest BCUT2D eigenvalue weighted by Crippen LogP contribution is 2.38. The molecule has 1 fully saturated rings. The van der Waals surface area contributed by atoms with Crippen LogP contribution in [0.2, 0.25) is 0 Å². The first-order chi connectivity index (χ1) is 6.13. The van der Waals surface area contributed by atoms with E-state index in [9.17, 15) is 4.79 Å². The van der Waals surface area contributed by atoms with Crippen LogP contribution in [0.4, 0.5) is 0 Å². The molecule has 3 nitrogen and oxygen atoms in total. The van der Waals surface area contributed by atoms with Gasteiger partial charge in [0.25, 0.3) is 0 Å². The smallest absolute Gasteiger partial charge is 0.307 e. The topological polar surface area (TPSA) is 52.3 Å². The van der Waals surface area contributed by atoms with E-state index < -0.39 is 0 Å². The zero-order valence-electron chi connectivity index (χ0n) is 8.45. The Morgan fingerprint density at radius 1 is 1.62 bits per heavy atom. The molecule has 2 N–H and O–H groups in total. The average Bonchev–Trinajstić information content (AvgIpc) is 2.85. The van der Waals surface area contributed by atoms with Crippen molar-refractivity contribution in [1.29, 1.82) is 0 Å². The van der Waals surface area contributed by atoms with Crippen LogP contribution >= 0.6 is 0 Å². The molecule has 0 spiro atoms. The Bertz CT molecular complexity index is 178. The molecule has 1 saturated carbocycles. The van der Waals surface area contributed by atoms with E-state index >= 15 is 0 Å². The third kappa shape index (κ3) is 3.77. The fraction of sp³-hybridized carbons (Fsp3) is 0.900. The van der Waals surface area contributed by atoms with Gasteiger partial charge >= 0.3 is 5.97 Å². The summed E-state index contributed by atoms with van der Waals surface area (Å²) in [7, 11) is 1.40. The van der Waals surface area contributed by atoms with Crippen molar-refractivity contribution in [3.8, 4) is 0 Å². The fourth-order valence-electron chi connectivity index (χ4n) is 1.72. The summed E-state index contributed by atoms with van der Waals surface area (Å²) in [5.74, 6) is 1.33. The van der Waals surface area contributed by atoms with Gasteiger partial charge in [0.1, 0.15) is 0 Å². The lowest BCUT2D eigenvalue weighted by molar-refractivity contribution is -0.141. The van der Waals surface area contributed by atoms with Crippen molar-refractivity contribution >= 4 is 5.97 Å². The first-order valence-corrected chi connectivity index (χ1v) is 4.96. The van der Waals surface area contributed by atoms with Crippen LogP contribution in [0.5, 0.6) is 0 Å². The lowest BCUT2D eigenvalue weighted by Gasteiger charge is -2.15. The van der Waals surface area contributed by atoms with Crippen molar-refractivity contribution in [3.05, 3.63) is 0 Å². The maximum atomic E-state index is 10.9. The molecule has 0 heterocycles. The van der Waals surface area contributed by atoms with Gasteiger partial charge in [-0.15, -0.1) is 0 Å². The van der Waals surface area contributed by atoms with Gasteiger partial charge in [0.15, 0.2) is 0 Å². The van der Waals surface area contributed by atoms with Gasteiger partial charge in [0, 0.05) is 6.04 Å². The maximum absolute atomic E-state index is 10.9. The Kier molecular flexibility index (Phi) is 3.72. The standard InChI is InChI=1S/C10H19NO2/c1-7(8-3-4-8)5-9(11)6-10(12)13-2/h7-9H,3-6,11H2,1-2H3. The van der Waals surface area contributed by atoms with E-state index in [4.69, 9.17) is 5.73 Å². The second kappa shape index (κ2) is 4.61. The predicted octanol–water partition coefficient (Wildman–Crippen LogP) is 1.31. The lowest BCUT2D eigenvalue weighted by Crippen LogP contribution is -2.27. The molecule has 0 bridgehead atoms. The van der Waals surface area contributed by atoms with Crippen molar-refractivity contribution in [2.75, 3.05) is 7.11 Å². The molecular formula is C10H19NO2. The Balaban J connectivity index is 2.15. The van der Waals surface area contributed by atoms with Crippen molar-refractivity contribution in [1.82, 2.24) is 0 Å². The normalized spacial score (nSPS) is 20.8. The largest absolute Gasteiger partial charge is 0.469 e. The monoisotopic (exact) mass is 185 g/mol. The summed E-state index contributed by atoms with van der Waals surface area (Å²) in [5, 5.41) is 0. The Labute approximate surface area is 79.6 Å². The summed E-state index contributed by atoms with van der Waals surface area (Å²) < 4.78 is 4.56. The van der Waals surface area contributed by atoms with Gasteiger partial charge in [-0.1, -0.05) is 6.92 Å². The van der Waals surface area contributed by atoms with Crippen molar-refractivity contribution in [3.63, 3.8) is 0 Å². The number of rotatable bonds is 5. The van der Waals surface area contributed by atoms with E-state index in [0.717, 1.165) is 12.3 Å². The molecule has 1 aliphatic carbocycles. The van der Waals surface area contributed by atoms with Crippen LogP contribution in [-0.4, -0.2) is 19.1 Å². The molecule has 0 amide bonds.